The zero-order valence-electron chi connectivity index (χ0n) is 24.5. The van der Waals surface area contributed by atoms with Gasteiger partial charge in [0.1, 0.15) is 12.6 Å². The van der Waals surface area contributed by atoms with Crippen molar-refractivity contribution >= 4 is 17.8 Å². The zero-order valence-corrected chi connectivity index (χ0v) is 24.5. The van der Waals surface area contributed by atoms with Gasteiger partial charge in [0.25, 0.3) is 0 Å². The highest BCUT2D eigenvalue weighted by molar-refractivity contribution is 5.80. The lowest BCUT2D eigenvalue weighted by molar-refractivity contribution is -0.147. The van der Waals surface area contributed by atoms with Crippen LogP contribution in [0.5, 0.6) is 0 Å². The fraction of sp³-hybridized carbons (Fsp3) is 0.781. The van der Waals surface area contributed by atoms with Crippen molar-refractivity contribution in [1.29, 1.82) is 0 Å². The van der Waals surface area contributed by atoms with Crippen molar-refractivity contribution in [2.75, 3.05) is 6.54 Å². The summed E-state index contributed by atoms with van der Waals surface area (Å²) in [5.74, 6) is -1.35. The molecule has 6 nitrogen and oxygen atoms in total. The highest BCUT2D eigenvalue weighted by Gasteiger charge is 2.11. The van der Waals surface area contributed by atoms with Crippen LogP contribution >= 0.6 is 0 Å². The van der Waals surface area contributed by atoms with Crippen LogP contribution in [0.3, 0.4) is 0 Å². The Hall–Kier alpha value is -2.11. The second-order valence-corrected chi connectivity index (χ2v) is 10.3. The minimum absolute atomic E-state index is 0.101. The molecule has 220 valence electrons. The number of carbonyl (C=O) groups is 3. The van der Waals surface area contributed by atoms with Gasteiger partial charge in [0.15, 0.2) is 0 Å². The molecule has 0 aliphatic heterocycles. The lowest BCUT2D eigenvalue weighted by Crippen LogP contribution is -2.28. The van der Waals surface area contributed by atoms with E-state index in [4.69, 9.17) is 9.84 Å². The van der Waals surface area contributed by atoms with E-state index in [2.05, 4.69) is 37.4 Å². The van der Waals surface area contributed by atoms with Gasteiger partial charge in [0, 0.05) is 12.8 Å². The zero-order chi connectivity index (χ0) is 28.1. The predicted molar refractivity (Wildman–Crippen MR) is 157 cm³/mol. The topological polar surface area (TPSA) is 92.7 Å². The van der Waals surface area contributed by atoms with Gasteiger partial charge in [0.2, 0.25) is 5.91 Å². The molecule has 0 bridgehead atoms. The van der Waals surface area contributed by atoms with Crippen LogP contribution in [0.15, 0.2) is 24.3 Å². The van der Waals surface area contributed by atoms with Crippen LogP contribution in [0.2, 0.25) is 0 Å². The SMILES string of the molecule is CCCC/C=C\C(CCCCCCC(=O)NCC(=O)O)OC(=O)CCCCCCC/C=C\CCCCCC. The number of carboxylic acid groups (broad SMARTS) is 1. The first-order valence-electron chi connectivity index (χ1n) is 15.5. The number of amides is 1. The minimum Gasteiger partial charge on any atom is -0.480 e. The second kappa shape index (κ2) is 27.9. The Bertz CT molecular complexity index is 644. The maximum atomic E-state index is 12.4. The quantitative estimate of drug-likeness (QED) is 0.0625. The van der Waals surface area contributed by atoms with Gasteiger partial charge >= 0.3 is 11.9 Å². The van der Waals surface area contributed by atoms with E-state index >= 15 is 0 Å². The number of rotatable bonds is 27. The van der Waals surface area contributed by atoms with Crippen molar-refractivity contribution in [2.24, 2.45) is 0 Å². The summed E-state index contributed by atoms with van der Waals surface area (Å²) < 4.78 is 5.78. The minimum atomic E-state index is -1.03. The molecule has 0 fully saturated rings. The number of hydrogen-bond donors (Lipinski definition) is 2. The fourth-order valence-corrected chi connectivity index (χ4v) is 4.23. The first kappa shape index (κ1) is 35.9. The molecule has 0 aliphatic carbocycles. The summed E-state index contributed by atoms with van der Waals surface area (Å²) in [5.41, 5.74) is 0. The van der Waals surface area contributed by atoms with E-state index in [0.717, 1.165) is 64.2 Å². The van der Waals surface area contributed by atoms with Crippen LogP contribution in [-0.4, -0.2) is 35.6 Å². The van der Waals surface area contributed by atoms with Gasteiger partial charge in [-0.1, -0.05) is 96.3 Å². The van der Waals surface area contributed by atoms with Gasteiger partial charge in [-0.15, -0.1) is 0 Å². The van der Waals surface area contributed by atoms with Crippen molar-refractivity contribution in [1.82, 2.24) is 5.32 Å². The van der Waals surface area contributed by atoms with E-state index in [1.165, 1.54) is 57.8 Å². The molecular formula is C32H57NO5. The Morgan fingerprint density at radius 1 is 0.684 bits per heavy atom. The number of allylic oxidation sites excluding steroid dienone is 3. The molecule has 0 rings (SSSR count). The monoisotopic (exact) mass is 535 g/mol. The summed E-state index contributed by atoms with van der Waals surface area (Å²) in [6.07, 6.45) is 30.4. The van der Waals surface area contributed by atoms with Gasteiger partial charge < -0.3 is 15.2 Å². The molecule has 1 unspecified atom stereocenters. The van der Waals surface area contributed by atoms with E-state index in [1.807, 2.05) is 6.08 Å². The highest BCUT2D eigenvalue weighted by Crippen LogP contribution is 2.14. The molecule has 0 spiro atoms. The molecule has 0 heterocycles. The van der Waals surface area contributed by atoms with Crippen LogP contribution < -0.4 is 5.32 Å². The first-order valence-corrected chi connectivity index (χ1v) is 15.5. The van der Waals surface area contributed by atoms with E-state index in [1.54, 1.807) is 0 Å². The molecule has 2 N–H and O–H groups in total. The number of nitrogens with one attached hydrogen (secondary N) is 1. The average molecular weight is 536 g/mol. The number of ether oxygens (including phenoxy) is 1. The molecule has 6 heteroatoms. The van der Waals surface area contributed by atoms with Crippen LogP contribution in [0.25, 0.3) is 0 Å². The van der Waals surface area contributed by atoms with E-state index in [-0.39, 0.29) is 24.5 Å². The third kappa shape index (κ3) is 26.9. The molecular weight excluding hydrogens is 478 g/mol. The summed E-state index contributed by atoms with van der Waals surface area (Å²) in [6.45, 7) is 4.09. The van der Waals surface area contributed by atoms with Gasteiger partial charge in [-0.25, -0.2) is 0 Å². The van der Waals surface area contributed by atoms with E-state index in [9.17, 15) is 14.4 Å². The van der Waals surface area contributed by atoms with Crippen LogP contribution in [0, 0.1) is 0 Å². The summed E-state index contributed by atoms with van der Waals surface area (Å²) in [5, 5.41) is 11.0. The molecule has 0 saturated carbocycles. The van der Waals surface area contributed by atoms with Crippen molar-refractivity contribution in [3.63, 3.8) is 0 Å². The predicted octanol–water partition coefficient (Wildman–Crippen LogP) is 8.44. The van der Waals surface area contributed by atoms with Gasteiger partial charge in [-0.3, -0.25) is 14.4 Å². The van der Waals surface area contributed by atoms with Crippen molar-refractivity contribution < 1.29 is 24.2 Å². The van der Waals surface area contributed by atoms with E-state index in [0.29, 0.717) is 12.8 Å². The molecule has 0 aromatic rings. The molecule has 38 heavy (non-hydrogen) atoms. The molecule has 0 aromatic heterocycles. The third-order valence-electron chi connectivity index (χ3n) is 6.58. The Morgan fingerprint density at radius 3 is 1.89 bits per heavy atom. The maximum absolute atomic E-state index is 12.4. The standard InChI is InChI=1S/C32H57NO5/c1-3-5-7-9-10-11-12-13-14-15-16-17-23-27-32(37)38-29(24-20-8-6-4-2)25-21-18-19-22-26-30(34)33-28-31(35)36/h11-12,20,24,29H,3-10,13-19,21-23,25-28H2,1-2H3,(H,33,34)(H,35,36)/b12-11-,24-20-. The largest absolute Gasteiger partial charge is 0.480 e. The van der Waals surface area contributed by atoms with Crippen LogP contribution in [0.4, 0.5) is 0 Å². The fourth-order valence-electron chi connectivity index (χ4n) is 4.23. The Morgan fingerprint density at radius 2 is 1.24 bits per heavy atom. The summed E-state index contributed by atoms with van der Waals surface area (Å²) in [6, 6.07) is 0. The smallest absolute Gasteiger partial charge is 0.322 e. The summed E-state index contributed by atoms with van der Waals surface area (Å²) in [7, 11) is 0. The Kier molecular flexibility index (Phi) is 26.4. The highest BCUT2D eigenvalue weighted by atomic mass is 16.5. The van der Waals surface area contributed by atoms with Crippen LogP contribution in [-0.2, 0) is 19.1 Å². The normalized spacial score (nSPS) is 12.3. The number of carbonyl (C=O) groups excluding carboxylic acids is 2. The molecule has 1 amide bonds. The number of aliphatic carboxylic acids is 1. The first-order chi connectivity index (χ1) is 18.5. The third-order valence-corrected chi connectivity index (χ3v) is 6.58. The lowest BCUT2D eigenvalue weighted by Gasteiger charge is -2.15. The Balaban J connectivity index is 4.00. The van der Waals surface area contributed by atoms with Gasteiger partial charge in [0.05, 0.1) is 0 Å². The Labute approximate surface area is 233 Å². The molecule has 0 aliphatic rings. The maximum Gasteiger partial charge on any atom is 0.322 e. The van der Waals surface area contributed by atoms with Crippen molar-refractivity contribution in [3.8, 4) is 0 Å². The second-order valence-electron chi connectivity index (χ2n) is 10.3. The summed E-state index contributed by atoms with van der Waals surface area (Å²) >= 11 is 0. The van der Waals surface area contributed by atoms with Gasteiger partial charge in [-0.05, 0) is 63.9 Å². The number of esters is 1. The molecule has 0 radical (unpaired) electrons. The van der Waals surface area contributed by atoms with Crippen molar-refractivity contribution in [3.05, 3.63) is 24.3 Å². The van der Waals surface area contributed by atoms with Crippen molar-refractivity contribution in [2.45, 2.75) is 155 Å². The average Bonchev–Trinajstić information content (AvgIpc) is 2.89. The molecule has 1 atom stereocenters. The lowest BCUT2D eigenvalue weighted by atomic mass is 10.1. The number of hydrogen-bond acceptors (Lipinski definition) is 4. The van der Waals surface area contributed by atoms with Gasteiger partial charge in [-0.2, -0.15) is 0 Å². The molecule has 0 saturated heterocycles. The number of carboxylic acids is 1. The number of unbranched alkanes of at least 4 members (excludes halogenated alkanes) is 14. The molecule has 0 aromatic carbocycles. The van der Waals surface area contributed by atoms with E-state index < -0.39 is 5.97 Å². The van der Waals surface area contributed by atoms with Crippen LogP contribution in [0.1, 0.15) is 149 Å². The summed E-state index contributed by atoms with van der Waals surface area (Å²) in [4.78, 5) is 34.5.